The molecule has 0 radical (unpaired) electrons. The lowest BCUT2D eigenvalue weighted by Crippen LogP contribution is -2.46. The zero-order valence-corrected chi connectivity index (χ0v) is 10.3. The van der Waals surface area contributed by atoms with Crippen LogP contribution in [0.15, 0.2) is 18.2 Å². The molecule has 0 aromatic heterocycles. The quantitative estimate of drug-likeness (QED) is 0.641. The van der Waals surface area contributed by atoms with Gasteiger partial charge in [-0.3, -0.25) is 0 Å². The minimum absolute atomic E-state index is 0.0190. The highest BCUT2D eigenvalue weighted by Gasteiger charge is 2.36. The molecule has 1 aromatic carbocycles. The molecule has 1 fully saturated rings. The summed E-state index contributed by atoms with van der Waals surface area (Å²) in [5, 5.41) is 24.0. The Hall–Kier alpha value is -1.79. The summed E-state index contributed by atoms with van der Waals surface area (Å²) in [7, 11) is 0. The summed E-state index contributed by atoms with van der Waals surface area (Å²) in [5.41, 5.74) is 2.89. The molecule has 1 amide bonds. The van der Waals surface area contributed by atoms with E-state index in [1.54, 1.807) is 0 Å². The van der Waals surface area contributed by atoms with Crippen LogP contribution < -0.4 is 10.6 Å². The standard InChI is InChI=1S/C13H16N2O4/c16-11-6-19-12-4-10(11)15-9-2-1-7(3-8(9)12)5-14-13(17)18/h1-3,10-12,14-16H,4-6H2,(H,17,18)/t10-,11+,12-/m0/s1. The molecule has 0 spiro atoms. The fourth-order valence-electron chi connectivity index (χ4n) is 2.66. The zero-order valence-electron chi connectivity index (χ0n) is 10.3. The van der Waals surface area contributed by atoms with Gasteiger partial charge in [0.25, 0.3) is 0 Å². The van der Waals surface area contributed by atoms with E-state index in [1.807, 2.05) is 18.2 Å². The molecule has 1 aromatic rings. The molecule has 4 N–H and O–H groups in total. The maximum Gasteiger partial charge on any atom is 0.404 e. The number of ether oxygens (including phenoxy) is 1. The number of benzene rings is 1. The first-order valence-corrected chi connectivity index (χ1v) is 6.29. The van der Waals surface area contributed by atoms with Crippen molar-refractivity contribution in [2.75, 3.05) is 11.9 Å². The van der Waals surface area contributed by atoms with Crippen LogP contribution in [-0.4, -0.2) is 35.1 Å². The summed E-state index contributed by atoms with van der Waals surface area (Å²) in [4.78, 5) is 10.5. The summed E-state index contributed by atoms with van der Waals surface area (Å²) in [6.45, 7) is 0.612. The smallest absolute Gasteiger partial charge is 0.404 e. The Bertz CT molecular complexity index is 505. The molecule has 19 heavy (non-hydrogen) atoms. The second kappa shape index (κ2) is 4.71. The molecule has 2 aliphatic rings. The number of aliphatic hydroxyl groups excluding tert-OH is 1. The van der Waals surface area contributed by atoms with Gasteiger partial charge in [-0.1, -0.05) is 6.07 Å². The van der Waals surface area contributed by atoms with E-state index in [9.17, 15) is 9.90 Å². The zero-order chi connectivity index (χ0) is 13.4. The molecule has 2 bridgehead atoms. The SMILES string of the molecule is O=C(O)NCc1ccc2c(c1)[C@@H]1C[C@H](N2)[C@H](O)CO1. The van der Waals surface area contributed by atoms with Gasteiger partial charge in [-0.25, -0.2) is 4.79 Å². The van der Waals surface area contributed by atoms with Crippen molar-refractivity contribution < 1.29 is 19.7 Å². The molecule has 6 nitrogen and oxygen atoms in total. The molecule has 3 rings (SSSR count). The first-order valence-electron chi connectivity index (χ1n) is 6.29. The Morgan fingerprint density at radius 3 is 3.16 bits per heavy atom. The third-order valence-corrected chi connectivity index (χ3v) is 3.65. The number of anilines is 1. The predicted octanol–water partition coefficient (Wildman–Crippen LogP) is 1.07. The lowest BCUT2D eigenvalue weighted by molar-refractivity contribution is -0.0672. The van der Waals surface area contributed by atoms with Crippen molar-refractivity contribution in [2.45, 2.75) is 31.2 Å². The highest BCUT2D eigenvalue weighted by molar-refractivity contribution is 5.64. The second-order valence-corrected chi connectivity index (χ2v) is 4.96. The van der Waals surface area contributed by atoms with E-state index in [2.05, 4.69) is 10.6 Å². The van der Waals surface area contributed by atoms with Gasteiger partial charge < -0.3 is 25.6 Å². The molecule has 0 aliphatic carbocycles. The van der Waals surface area contributed by atoms with E-state index in [0.29, 0.717) is 6.61 Å². The fourth-order valence-corrected chi connectivity index (χ4v) is 2.66. The first-order chi connectivity index (χ1) is 9.13. The predicted molar refractivity (Wildman–Crippen MR) is 68.0 cm³/mol. The third kappa shape index (κ3) is 2.36. The molecule has 0 saturated carbocycles. The van der Waals surface area contributed by atoms with E-state index in [0.717, 1.165) is 23.2 Å². The Balaban J connectivity index is 1.83. The van der Waals surface area contributed by atoms with Gasteiger partial charge in [-0.15, -0.1) is 0 Å². The molecule has 102 valence electrons. The summed E-state index contributed by atoms with van der Waals surface area (Å²) in [6.07, 6.45) is -0.788. The van der Waals surface area contributed by atoms with Crippen molar-refractivity contribution in [1.29, 1.82) is 0 Å². The summed E-state index contributed by atoms with van der Waals surface area (Å²) < 4.78 is 5.64. The second-order valence-electron chi connectivity index (χ2n) is 4.96. The Labute approximate surface area is 110 Å². The van der Waals surface area contributed by atoms with E-state index in [4.69, 9.17) is 9.84 Å². The fraction of sp³-hybridized carbons (Fsp3) is 0.462. The average molecular weight is 264 g/mol. The molecule has 2 heterocycles. The minimum Gasteiger partial charge on any atom is -0.465 e. The van der Waals surface area contributed by atoms with Gasteiger partial charge in [0.2, 0.25) is 0 Å². The molecule has 0 unspecified atom stereocenters. The molecule has 1 saturated heterocycles. The van der Waals surface area contributed by atoms with Crippen molar-refractivity contribution in [3.05, 3.63) is 29.3 Å². The Kier molecular flexibility index (Phi) is 3.04. The van der Waals surface area contributed by atoms with Crippen molar-refractivity contribution in [3.8, 4) is 0 Å². The largest absolute Gasteiger partial charge is 0.465 e. The van der Waals surface area contributed by atoms with Gasteiger partial charge in [-0.05, 0) is 17.7 Å². The minimum atomic E-state index is -1.03. The van der Waals surface area contributed by atoms with Crippen LogP contribution in [0.4, 0.5) is 10.5 Å². The van der Waals surface area contributed by atoms with E-state index >= 15 is 0 Å². The first kappa shape index (κ1) is 12.3. The number of hydrogen-bond donors (Lipinski definition) is 4. The number of nitrogens with one attached hydrogen (secondary N) is 2. The monoisotopic (exact) mass is 264 g/mol. The van der Waals surface area contributed by atoms with Gasteiger partial charge in [0.15, 0.2) is 0 Å². The van der Waals surface area contributed by atoms with Crippen LogP contribution in [0.3, 0.4) is 0 Å². The summed E-state index contributed by atoms with van der Waals surface area (Å²) in [5.74, 6) is 0. The van der Waals surface area contributed by atoms with Crippen molar-refractivity contribution in [2.24, 2.45) is 0 Å². The summed E-state index contributed by atoms with van der Waals surface area (Å²) >= 11 is 0. The lowest BCUT2D eigenvalue weighted by atomic mass is 9.89. The van der Waals surface area contributed by atoms with Crippen molar-refractivity contribution in [1.82, 2.24) is 5.32 Å². The number of aliphatic hydroxyl groups is 1. The van der Waals surface area contributed by atoms with Crippen LogP contribution in [0.1, 0.15) is 23.7 Å². The maximum atomic E-state index is 10.5. The highest BCUT2D eigenvalue weighted by atomic mass is 16.5. The number of amides is 1. The van der Waals surface area contributed by atoms with Crippen molar-refractivity contribution >= 4 is 11.8 Å². The normalized spacial score (nSPS) is 28.2. The molecular weight excluding hydrogens is 248 g/mol. The van der Waals surface area contributed by atoms with Gasteiger partial charge in [0.1, 0.15) is 0 Å². The van der Waals surface area contributed by atoms with E-state index < -0.39 is 12.2 Å². The van der Waals surface area contributed by atoms with Crippen LogP contribution in [0.25, 0.3) is 0 Å². The molecule has 2 aliphatic heterocycles. The van der Waals surface area contributed by atoms with Crippen LogP contribution in [-0.2, 0) is 11.3 Å². The van der Waals surface area contributed by atoms with Gasteiger partial charge in [0.05, 0.1) is 24.9 Å². The lowest BCUT2D eigenvalue weighted by Gasteiger charge is -2.40. The summed E-state index contributed by atoms with van der Waals surface area (Å²) in [6, 6.07) is 5.77. The molecule has 6 heteroatoms. The van der Waals surface area contributed by atoms with E-state index in [-0.39, 0.29) is 18.7 Å². The number of hydrogen-bond acceptors (Lipinski definition) is 4. The van der Waals surface area contributed by atoms with Gasteiger partial charge in [-0.2, -0.15) is 0 Å². The van der Waals surface area contributed by atoms with Crippen LogP contribution in [0.5, 0.6) is 0 Å². The Morgan fingerprint density at radius 1 is 1.53 bits per heavy atom. The average Bonchev–Trinajstić information content (AvgIpc) is 2.41. The third-order valence-electron chi connectivity index (χ3n) is 3.65. The number of carbonyl (C=O) groups is 1. The van der Waals surface area contributed by atoms with Gasteiger partial charge >= 0.3 is 6.09 Å². The number of rotatable bonds is 2. The number of carboxylic acid groups (broad SMARTS) is 1. The number of fused-ring (bicyclic) bond motifs is 4. The Morgan fingerprint density at radius 2 is 2.37 bits per heavy atom. The van der Waals surface area contributed by atoms with Crippen LogP contribution >= 0.6 is 0 Å². The highest BCUT2D eigenvalue weighted by Crippen LogP contribution is 2.39. The molecular formula is C13H16N2O4. The van der Waals surface area contributed by atoms with Crippen molar-refractivity contribution in [3.63, 3.8) is 0 Å². The van der Waals surface area contributed by atoms with Crippen LogP contribution in [0.2, 0.25) is 0 Å². The van der Waals surface area contributed by atoms with E-state index in [1.165, 1.54) is 0 Å². The topological polar surface area (TPSA) is 90.8 Å². The van der Waals surface area contributed by atoms with Crippen LogP contribution in [0, 0.1) is 0 Å². The molecule has 3 atom stereocenters. The maximum absolute atomic E-state index is 10.5. The van der Waals surface area contributed by atoms with Gasteiger partial charge in [0, 0.05) is 24.2 Å².